The van der Waals surface area contributed by atoms with E-state index in [0.717, 1.165) is 35.9 Å². The van der Waals surface area contributed by atoms with Gasteiger partial charge in [0.25, 0.3) is 0 Å². The van der Waals surface area contributed by atoms with Gasteiger partial charge in [0.2, 0.25) is 0 Å². The second-order valence-electron chi connectivity index (χ2n) is 11.3. The number of nitrogens with zero attached hydrogens (tertiary/aromatic N) is 2. The first kappa shape index (κ1) is 23.1. The number of hydrogen-bond donors (Lipinski definition) is 3. The van der Waals surface area contributed by atoms with Gasteiger partial charge in [0.15, 0.2) is 16.7 Å². The number of aromatic amines is 1. The lowest BCUT2D eigenvalue weighted by Gasteiger charge is -2.59. The number of carbonyl (C=O) groups is 2. The number of allylic oxidation sites excluding steroid dienone is 4. The first-order chi connectivity index (χ1) is 16.7. The maximum absolute atomic E-state index is 13.5. The first-order valence-corrected chi connectivity index (χ1v) is 13.4. The summed E-state index contributed by atoms with van der Waals surface area (Å²) in [5.74, 6) is 0.275. The number of rotatable bonds is 4. The van der Waals surface area contributed by atoms with E-state index in [2.05, 4.69) is 21.9 Å². The number of imidazole rings is 1. The number of ketones is 2. The van der Waals surface area contributed by atoms with Gasteiger partial charge in [-0.25, -0.2) is 4.98 Å². The molecule has 0 amide bonds. The lowest BCUT2D eigenvalue weighted by molar-refractivity contribution is -0.174. The summed E-state index contributed by atoms with van der Waals surface area (Å²) in [6.45, 7) is 4.14. The van der Waals surface area contributed by atoms with Crippen molar-refractivity contribution in [2.75, 3.05) is 5.75 Å². The van der Waals surface area contributed by atoms with Crippen LogP contribution in [0.1, 0.15) is 46.0 Å². The van der Waals surface area contributed by atoms with Crippen molar-refractivity contribution >= 4 is 34.4 Å². The highest BCUT2D eigenvalue weighted by Gasteiger charge is 2.67. The lowest BCUT2D eigenvalue weighted by Crippen LogP contribution is -2.61. The third-order valence-electron chi connectivity index (χ3n) is 9.71. The maximum atomic E-state index is 13.5. The van der Waals surface area contributed by atoms with Crippen LogP contribution >= 0.6 is 11.8 Å². The zero-order valence-corrected chi connectivity index (χ0v) is 20.8. The molecule has 6 rings (SSSR count). The van der Waals surface area contributed by atoms with Crippen molar-refractivity contribution in [3.8, 4) is 0 Å². The van der Waals surface area contributed by atoms with Gasteiger partial charge in [-0.2, -0.15) is 0 Å². The molecule has 4 aliphatic rings. The Bertz CT molecular complexity index is 1250. The van der Waals surface area contributed by atoms with Crippen LogP contribution in [0.3, 0.4) is 0 Å². The molecule has 0 spiro atoms. The van der Waals surface area contributed by atoms with Crippen LogP contribution in [-0.2, 0) is 9.59 Å². The molecule has 0 bridgehead atoms. The van der Waals surface area contributed by atoms with Crippen LogP contribution in [0.4, 0.5) is 0 Å². The average molecular weight is 494 g/mol. The van der Waals surface area contributed by atoms with E-state index in [1.54, 1.807) is 24.5 Å². The molecular formula is C27H31N3O4S. The number of aromatic nitrogens is 3. The maximum Gasteiger partial charge on any atom is 0.178 e. The number of carbonyl (C=O) groups excluding carboxylic acids is 2. The number of nitrogens with one attached hydrogen (secondary N) is 1. The van der Waals surface area contributed by atoms with Crippen molar-refractivity contribution in [3.63, 3.8) is 0 Å². The van der Waals surface area contributed by atoms with Crippen LogP contribution in [0.2, 0.25) is 0 Å². The third kappa shape index (κ3) is 3.26. The number of hydrogen-bond acceptors (Lipinski definition) is 7. The summed E-state index contributed by atoms with van der Waals surface area (Å²) < 4.78 is 0. The first-order valence-electron chi connectivity index (χ1n) is 12.5. The molecule has 35 heavy (non-hydrogen) atoms. The molecule has 0 aliphatic heterocycles. The molecule has 5 unspecified atom stereocenters. The van der Waals surface area contributed by atoms with Crippen molar-refractivity contribution in [2.24, 2.45) is 28.6 Å². The normalized spacial score (nSPS) is 40.2. The fourth-order valence-corrected chi connectivity index (χ4v) is 8.80. The van der Waals surface area contributed by atoms with Gasteiger partial charge in [0.1, 0.15) is 11.1 Å². The van der Waals surface area contributed by atoms with Crippen LogP contribution in [0.25, 0.3) is 11.0 Å². The summed E-state index contributed by atoms with van der Waals surface area (Å²) in [5.41, 5.74) is 0.201. The molecule has 2 aromatic rings. The van der Waals surface area contributed by atoms with Crippen molar-refractivity contribution in [3.05, 3.63) is 42.3 Å². The van der Waals surface area contributed by atoms with Crippen molar-refractivity contribution in [2.45, 2.75) is 62.8 Å². The standard InChI is InChI=1S/C27H31N3O4S/c1-25-8-5-16(31)11-15(25)3-4-17-18-6-9-27(34,26(18,2)12-21(32)23(17)25)22(33)14-35-24-29-19-7-10-28-13-20(19)30-24/h5,7-8,10-11,13,17-18,21,23,32,34H,3-4,6,9,12,14H2,1-2H3,(H,29,30)/t17?,18?,21-,23?,25?,26?,27-/m0/s1. The predicted molar refractivity (Wildman–Crippen MR) is 133 cm³/mol. The molecule has 0 radical (unpaired) electrons. The summed E-state index contributed by atoms with van der Waals surface area (Å²) in [4.78, 5) is 37.3. The summed E-state index contributed by atoms with van der Waals surface area (Å²) in [6.07, 6.45) is 11.3. The quantitative estimate of drug-likeness (QED) is 0.557. The number of H-pyrrole nitrogens is 1. The molecular weight excluding hydrogens is 462 g/mol. The summed E-state index contributed by atoms with van der Waals surface area (Å²) in [5, 5.41) is 24.0. The van der Waals surface area contributed by atoms with Gasteiger partial charge in [0, 0.05) is 22.9 Å². The zero-order chi connectivity index (χ0) is 24.6. The minimum absolute atomic E-state index is 0.0130. The summed E-state index contributed by atoms with van der Waals surface area (Å²) in [7, 11) is 0. The van der Waals surface area contributed by atoms with E-state index in [0.29, 0.717) is 18.0 Å². The molecule has 4 aliphatic carbocycles. The Balaban J connectivity index is 1.25. The van der Waals surface area contributed by atoms with Crippen LogP contribution in [0.15, 0.2) is 47.4 Å². The van der Waals surface area contributed by atoms with Gasteiger partial charge in [0.05, 0.1) is 23.6 Å². The Morgan fingerprint density at radius 3 is 2.94 bits per heavy atom. The minimum Gasteiger partial charge on any atom is -0.393 e. The van der Waals surface area contributed by atoms with Gasteiger partial charge in [-0.15, -0.1) is 0 Å². The van der Waals surface area contributed by atoms with Crippen LogP contribution < -0.4 is 0 Å². The number of Topliss-reactive ketones (excluding diaryl/α,β-unsaturated/α-hetero) is 1. The third-order valence-corrected chi connectivity index (χ3v) is 10.6. The van der Waals surface area contributed by atoms with E-state index >= 15 is 0 Å². The van der Waals surface area contributed by atoms with Crippen molar-refractivity contribution < 1.29 is 19.8 Å². The van der Waals surface area contributed by atoms with Gasteiger partial charge >= 0.3 is 0 Å². The van der Waals surface area contributed by atoms with E-state index in [1.807, 2.05) is 19.1 Å². The van der Waals surface area contributed by atoms with Crippen molar-refractivity contribution in [1.82, 2.24) is 15.0 Å². The van der Waals surface area contributed by atoms with Crippen LogP contribution in [0.5, 0.6) is 0 Å². The molecule has 7 nitrogen and oxygen atoms in total. The van der Waals surface area contributed by atoms with E-state index in [9.17, 15) is 19.8 Å². The van der Waals surface area contributed by atoms with E-state index in [-0.39, 0.29) is 40.5 Å². The number of aliphatic hydroxyl groups is 2. The van der Waals surface area contributed by atoms with E-state index in [4.69, 9.17) is 0 Å². The molecule has 2 heterocycles. The molecule has 3 saturated carbocycles. The predicted octanol–water partition coefficient (Wildman–Crippen LogP) is 3.63. The van der Waals surface area contributed by atoms with Gasteiger partial charge < -0.3 is 15.2 Å². The average Bonchev–Trinajstić information content (AvgIpc) is 3.36. The molecule has 8 heteroatoms. The molecule has 2 aromatic heterocycles. The Kier molecular flexibility index (Phi) is 5.19. The minimum atomic E-state index is -1.47. The second-order valence-corrected chi connectivity index (χ2v) is 12.2. The number of pyridine rings is 1. The molecule has 0 saturated heterocycles. The Morgan fingerprint density at radius 2 is 2.14 bits per heavy atom. The van der Waals surface area contributed by atoms with Gasteiger partial charge in [-0.05, 0) is 62.2 Å². The van der Waals surface area contributed by atoms with Crippen molar-refractivity contribution in [1.29, 1.82) is 0 Å². The highest BCUT2D eigenvalue weighted by atomic mass is 32.2. The van der Waals surface area contributed by atoms with E-state index < -0.39 is 17.1 Å². The number of thioether (sulfide) groups is 1. The summed E-state index contributed by atoms with van der Waals surface area (Å²) >= 11 is 1.30. The largest absolute Gasteiger partial charge is 0.393 e. The molecule has 184 valence electrons. The van der Waals surface area contributed by atoms with Gasteiger partial charge in [-0.3, -0.25) is 14.6 Å². The molecule has 3 N–H and O–H groups in total. The highest BCUT2D eigenvalue weighted by Crippen LogP contribution is 2.67. The Hall–Kier alpha value is -2.29. The summed E-state index contributed by atoms with van der Waals surface area (Å²) in [6, 6.07) is 1.84. The molecule has 0 aromatic carbocycles. The monoisotopic (exact) mass is 493 g/mol. The fourth-order valence-electron chi connectivity index (χ4n) is 7.94. The topological polar surface area (TPSA) is 116 Å². The molecule has 7 atom stereocenters. The molecule has 3 fully saturated rings. The Morgan fingerprint density at radius 1 is 1.31 bits per heavy atom. The van der Waals surface area contributed by atoms with Crippen LogP contribution in [-0.4, -0.2) is 54.2 Å². The SMILES string of the molecule is CC12C=CC(=O)C=C1CCC1C2[C@@H](O)CC2(C)C1CC[C@]2(O)C(=O)CSc1nc2cnccc2[nH]1. The van der Waals surface area contributed by atoms with E-state index in [1.165, 1.54) is 11.8 Å². The van der Waals surface area contributed by atoms with Gasteiger partial charge in [-0.1, -0.05) is 37.3 Å². The highest BCUT2D eigenvalue weighted by molar-refractivity contribution is 7.99. The second kappa shape index (κ2) is 7.85. The van der Waals surface area contributed by atoms with Crippen LogP contribution in [0, 0.1) is 28.6 Å². The fraction of sp³-hybridized carbons (Fsp3) is 0.556. The zero-order valence-electron chi connectivity index (χ0n) is 20.0. The number of aliphatic hydroxyl groups excluding tert-OH is 1. The lowest BCUT2D eigenvalue weighted by atomic mass is 9.46. The Labute approximate surface area is 208 Å². The smallest absolute Gasteiger partial charge is 0.178 e. The number of fused-ring (bicyclic) bond motifs is 6.